The zero-order chi connectivity index (χ0) is 17.5. The van der Waals surface area contributed by atoms with Gasteiger partial charge in [-0.2, -0.15) is 0 Å². The van der Waals surface area contributed by atoms with E-state index in [1.807, 2.05) is 42.5 Å². The van der Waals surface area contributed by atoms with Crippen molar-refractivity contribution in [3.63, 3.8) is 0 Å². The number of carboxylic acid groups (broad SMARTS) is 1. The van der Waals surface area contributed by atoms with Gasteiger partial charge < -0.3 is 14.9 Å². The SMILES string of the molecule is C[C@@H]([C@@H](O)c1ccccc1)N(CCOc1ccc(I)cc1)C(=O)O. The number of ether oxygens (including phenoxy) is 1. The largest absolute Gasteiger partial charge is 0.492 e. The molecule has 0 aliphatic carbocycles. The van der Waals surface area contributed by atoms with Crippen LogP contribution in [0.5, 0.6) is 5.75 Å². The van der Waals surface area contributed by atoms with Crippen molar-refractivity contribution in [2.75, 3.05) is 13.2 Å². The van der Waals surface area contributed by atoms with E-state index in [0.29, 0.717) is 11.3 Å². The zero-order valence-electron chi connectivity index (χ0n) is 13.3. The maximum atomic E-state index is 11.5. The standard InChI is InChI=1S/C18H20INO4/c1-13(17(21)14-5-3-2-4-6-14)20(18(22)23)11-12-24-16-9-7-15(19)8-10-16/h2-10,13,17,21H,11-12H2,1H3,(H,22,23)/t13-,17+/m0/s1. The van der Waals surface area contributed by atoms with Crippen molar-refractivity contribution in [1.29, 1.82) is 0 Å². The third-order valence-corrected chi connectivity index (χ3v) is 4.47. The van der Waals surface area contributed by atoms with Crippen LogP contribution in [0.4, 0.5) is 4.79 Å². The summed E-state index contributed by atoms with van der Waals surface area (Å²) in [4.78, 5) is 12.7. The topological polar surface area (TPSA) is 70.0 Å². The first kappa shape index (κ1) is 18.5. The van der Waals surface area contributed by atoms with Gasteiger partial charge in [-0.3, -0.25) is 4.90 Å². The Morgan fingerprint density at radius 2 is 1.79 bits per heavy atom. The Kier molecular flexibility index (Phi) is 6.86. The molecule has 0 aromatic heterocycles. The molecule has 0 saturated heterocycles. The van der Waals surface area contributed by atoms with Crippen molar-refractivity contribution in [3.05, 3.63) is 63.7 Å². The molecule has 0 radical (unpaired) electrons. The van der Waals surface area contributed by atoms with Crippen molar-refractivity contribution in [2.45, 2.75) is 19.1 Å². The van der Waals surface area contributed by atoms with Gasteiger partial charge in [-0.05, 0) is 59.3 Å². The van der Waals surface area contributed by atoms with Crippen LogP contribution in [0.3, 0.4) is 0 Å². The van der Waals surface area contributed by atoms with E-state index in [2.05, 4.69) is 22.6 Å². The predicted octanol–water partition coefficient (Wildman–Crippen LogP) is 3.77. The summed E-state index contributed by atoms with van der Waals surface area (Å²) in [6.07, 6.45) is -1.97. The lowest BCUT2D eigenvalue weighted by Gasteiger charge is -2.30. The van der Waals surface area contributed by atoms with E-state index in [4.69, 9.17) is 4.74 Å². The maximum absolute atomic E-state index is 11.5. The summed E-state index contributed by atoms with van der Waals surface area (Å²) in [6.45, 7) is 2.09. The van der Waals surface area contributed by atoms with Gasteiger partial charge in [0.05, 0.1) is 18.7 Å². The molecular weight excluding hydrogens is 421 g/mol. The summed E-state index contributed by atoms with van der Waals surface area (Å²) < 4.78 is 6.69. The van der Waals surface area contributed by atoms with Gasteiger partial charge in [0.2, 0.25) is 0 Å². The molecule has 0 spiro atoms. The second-order valence-corrected chi connectivity index (χ2v) is 6.62. The van der Waals surface area contributed by atoms with E-state index in [1.165, 1.54) is 4.90 Å². The number of aliphatic hydroxyl groups is 1. The van der Waals surface area contributed by atoms with Gasteiger partial charge in [0.15, 0.2) is 0 Å². The van der Waals surface area contributed by atoms with Crippen molar-refractivity contribution in [1.82, 2.24) is 4.90 Å². The Hall–Kier alpha value is -1.80. The van der Waals surface area contributed by atoms with Crippen LogP contribution in [0, 0.1) is 3.57 Å². The lowest BCUT2D eigenvalue weighted by atomic mass is 10.0. The molecule has 2 rings (SSSR count). The molecule has 0 aliphatic rings. The number of nitrogens with zero attached hydrogens (tertiary/aromatic N) is 1. The van der Waals surface area contributed by atoms with E-state index in [1.54, 1.807) is 19.1 Å². The summed E-state index contributed by atoms with van der Waals surface area (Å²) in [7, 11) is 0. The Balaban J connectivity index is 1.95. The second kappa shape index (κ2) is 8.89. The Morgan fingerprint density at radius 1 is 1.17 bits per heavy atom. The van der Waals surface area contributed by atoms with E-state index in [-0.39, 0.29) is 13.2 Å². The van der Waals surface area contributed by atoms with Gasteiger partial charge in [-0.15, -0.1) is 0 Å². The Labute approximate surface area is 155 Å². The van der Waals surface area contributed by atoms with Crippen LogP contribution in [0.15, 0.2) is 54.6 Å². The first-order chi connectivity index (χ1) is 11.5. The normalized spacial score (nSPS) is 13.1. The third kappa shape index (κ3) is 5.10. The zero-order valence-corrected chi connectivity index (χ0v) is 15.5. The molecule has 0 aliphatic heterocycles. The first-order valence-corrected chi connectivity index (χ1v) is 8.68. The minimum absolute atomic E-state index is 0.173. The average molecular weight is 441 g/mol. The summed E-state index contributed by atoms with van der Waals surface area (Å²) in [6, 6.07) is 16.0. The van der Waals surface area contributed by atoms with Gasteiger partial charge in [0.1, 0.15) is 12.4 Å². The van der Waals surface area contributed by atoms with Crippen LogP contribution in [-0.4, -0.2) is 40.4 Å². The molecule has 1 amide bonds. The molecule has 2 atom stereocenters. The molecule has 5 nitrogen and oxygen atoms in total. The number of rotatable bonds is 7. The molecule has 128 valence electrons. The summed E-state index contributed by atoms with van der Waals surface area (Å²) in [5.41, 5.74) is 0.690. The van der Waals surface area contributed by atoms with Crippen LogP contribution in [0.2, 0.25) is 0 Å². The lowest BCUT2D eigenvalue weighted by Crippen LogP contribution is -2.43. The summed E-state index contributed by atoms with van der Waals surface area (Å²) >= 11 is 2.21. The number of halogens is 1. The highest BCUT2D eigenvalue weighted by Crippen LogP contribution is 2.21. The molecular formula is C18H20INO4. The highest BCUT2D eigenvalue weighted by Gasteiger charge is 2.26. The molecule has 0 fully saturated rings. The van der Waals surface area contributed by atoms with Crippen LogP contribution in [0.25, 0.3) is 0 Å². The molecule has 2 aromatic rings. The Bertz CT molecular complexity index is 648. The quantitative estimate of drug-likeness (QED) is 0.642. The number of benzene rings is 2. The van der Waals surface area contributed by atoms with Crippen molar-refractivity contribution < 1.29 is 19.7 Å². The minimum Gasteiger partial charge on any atom is -0.492 e. The fraction of sp³-hybridized carbons (Fsp3) is 0.278. The molecule has 2 N–H and O–H groups in total. The van der Waals surface area contributed by atoms with E-state index >= 15 is 0 Å². The molecule has 2 aromatic carbocycles. The first-order valence-electron chi connectivity index (χ1n) is 7.60. The number of amides is 1. The highest BCUT2D eigenvalue weighted by atomic mass is 127. The molecule has 0 saturated carbocycles. The fourth-order valence-electron chi connectivity index (χ4n) is 2.37. The molecule has 0 bridgehead atoms. The average Bonchev–Trinajstić information content (AvgIpc) is 2.59. The number of aliphatic hydroxyl groups excluding tert-OH is 1. The Morgan fingerprint density at radius 3 is 2.38 bits per heavy atom. The highest BCUT2D eigenvalue weighted by molar-refractivity contribution is 14.1. The fourth-order valence-corrected chi connectivity index (χ4v) is 2.72. The number of hydrogen-bond acceptors (Lipinski definition) is 3. The smallest absolute Gasteiger partial charge is 0.407 e. The summed E-state index contributed by atoms with van der Waals surface area (Å²) in [5, 5.41) is 19.8. The second-order valence-electron chi connectivity index (χ2n) is 5.37. The van der Waals surface area contributed by atoms with E-state index in [0.717, 1.165) is 3.57 Å². The monoisotopic (exact) mass is 441 g/mol. The molecule has 24 heavy (non-hydrogen) atoms. The predicted molar refractivity (Wildman–Crippen MR) is 100 cm³/mol. The van der Waals surface area contributed by atoms with Crippen LogP contribution >= 0.6 is 22.6 Å². The van der Waals surface area contributed by atoms with Crippen molar-refractivity contribution in [2.24, 2.45) is 0 Å². The van der Waals surface area contributed by atoms with E-state index < -0.39 is 18.2 Å². The van der Waals surface area contributed by atoms with Crippen molar-refractivity contribution in [3.8, 4) is 5.75 Å². The third-order valence-electron chi connectivity index (χ3n) is 3.75. The molecule has 6 heteroatoms. The van der Waals surface area contributed by atoms with Gasteiger partial charge in [0, 0.05) is 3.57 Å². The molecule has 0 heterocycles. The number of hydrogen-bond donors (Lipinski definition) is 2. The van der Waals surface area contributed by atoms with Crippen LogP contribution in [-0.2, 0) is 0 Å². The van der Waals surface area contributed by atoms with Gasteiger partial charge in [-0.25, -0.2) is 4.79 Å². The summed E-state index contributed by atoms with van der Waals surface area (Å²) in [5.74, 6) is 0.692. The van der Waals surface area contributed by atoms with Gasteiger partial charge in [-0.1, -0.05) is 30.3 Å². The van der Waals surface area contributed by atoms with Crippen molar-refractivity contribution >= 4 is 28.7 Å². The lowest BCUT2D eigenvalue weighted by molar-refractivity contribution is 0.0491. The van der Waals surface area contributed by atoms with Gasteiger partial charge >= 0.3 is 6.09 Å². The van der Waals surface area contributed by atoms with E-state index in [9.17, 15) is 15.0 Å². The number of carbonyl (C=O) groups is 1. The van der Waals surface area contributed by atoms with Crippen LogP contribution < -0.4 is 4.74 Å². The van der Waals surface area contributed by atoms with Gasteiger partial charge in [0.25, 0.3) is 0 Å². The van der Waals surface area contributed by atoms with Crippen LogP contribution in [0.1, 0.15) is 18.6 Å². The minimum atomic E-state index is -1.08. The molecule has 0 unspecified atom stereocenters. The maximum Gasteiger partial charge on any atom is 0.407 e.